The molecule has 1 rings (SSSR count). The Hall–Kier alpha value is -1.81. The zero-order chi connectivity index (χ0) is 12.5. The highest BCUT2D eigenvalue weighted by molar-refractivity contribution is 5.89. The van der Waals surface area contributed by atoms with Crippen LogP contribution in [-0.4, -0.2) is 33.4 Å². The lowest BCUT2D eigenvalue weighted by Gasteiger charge is -2.04. The third-order valence-electron chi connectivity index (χ3n) is 2.05. The highest BCUT2D eigenvalue weighted by atomic mass is 16.5. The average Bonchev–Trinajstić information content (AvgIpc) is 2.38. The average molecular weight is 236 g/mol. The lowest BCUT2D eigenvalue weighted by atomic mass is 10.2. The van der Waals surface area contributed by atoms with Crippen molar-refractivity contribution in [1.29, 1.82) is 0 Å². The maximum Gasteiger partial charge on any atom is 0.337 e. The van der Waals surface area contributed by atoms with Crippen LogP contribution in [0.1, 0.15) is 10.4 Å². The first-order valence-electron chi connectivity index (χ1n) is 5.23. The first-order valence-corrected chi connectivity index (χ1v) is 5.23. The van der Waals surface area contributed by atoms with Gasteiger partial charge in [-0.1, -0.05) is 6.08 Å². The van der Waals surface area contributed by atoms with Gasteiger partial charge in [0, 0.05) is 7.11 Å². The fraction of sp³-hybridized carbons (Fsp3) is 0.308. The van der Waals surface area contributed by atoms with Gasteiger partial charge in [-0.05, 0) is 30.3 Å². The fourth-order valence-electron chi connectivity index (χ4n) is 1.18. The zero-order valence-corrected chi connectivity index (χ0v) is 10.0. The SMILES string of the molecule is COC/C=C\COc1ccc(C(=O)OC)cc1. The van der Waals surface area contributed by atoms with Crippen molar-refractivity contribution in [2.45, 2.75) is 0 Å². The van der Waals surface area contributed by atoms with E-state index in [0.717, 1.165) is 0 Å². The Morgan fingerprint density at radius 1 is 1.12 bits per heavy atom. The van der Waals surface area contributed by atoms with Gasteiger partial charge in [-0.2, -0.15) is 0 Å². The third-order valence-corrected chi connectivity index (χ3v) is 2.05. The van der Waals surface area contributed by atoms with Crippen LogP contribution in [0.5, 0.6) is 5.75 Å². The number of ether oxygens (including phenoxy) is 3. The molecule has 0 unspecified atom stereocenters. The van der Waals surface area contributed by atoms with Crippen LogP contribution in [0.25, 0.3) is 0 Å². The summed E-state index contributed by atoms with van der Waals surface area (Å²) in [7, 11) is 2.99. The third kappa shape index (κ3) is 4.70. The molecule has 0 spiro atoms. The van der Waals surface area contributed by atoms with E-state index in [-0.39, 0.29) is 5.97 Å². The summed E-state index contributed by atoms with van der Waals surface area (Å²) in [6.45, 7) is 1.05. The summed E-state index contributed by atoms with van der Waals surface area (Å²) in [5.41, 5.74) is 0.509. The molecular weight excluding hydrogens is 220 g/mol. The predicted octanol–water partition coefficient (Wildman–Crippen LogP) is 2.05. The number of benzene rings is 1. The van der Waals surface area contributed by atoms with Gasteiger partial charge < -0.3 is 14.2 Å². The highest BCUT2D eigenvalue weighted by Gasteiger charge is 2.03. The Labute approximate surface area is 101 Å². The summed E-state index contributed by atoms with van der Waals surface area (Å²) in [5.74, 6) is 0.358. The molecule has 0 saturated carbocycles. The number of carbonyl (C=O) groups is 1. The molecule has 0 aliphatic carbocycles. The summed E-state index contributed by atoms with van der Waals surface area (Å²) in [6, 6.07) is 6.80. The van der Waals surface area contributed by atoms with Crippen molar-refractivity contribution in [1.82, 2.24) is 0 Å². The molecule has 0 N–H and O–H groups in total. The lowest BCUT2D eigenvalue weighted by molar-refractivity contribution is 0.0600. The Bertz CT molecular complexity index is 368. The summed E-state index contributed by atoms with van der Waals surface area (Å²) in [6.07, 6.45) is 3.75. The molecule has 0 aliphatic heterocycles. The smallest absolute Gasteiger partial charge is 0.337 e. The van der Waals surface area contributed by atoms with Gasteiger partial charge in [0.25, 0.3) is 0 Å². The van der Waals surface area contributed by atoms with Crippen LogP contribution in [0.3, 0.4) is 0 Å². The largest absolute Gasteiger partial charge is 0.490 e. The fourth-order valence-corrected chi connectivity index (χ4v) is 1.18. The van der Waals surface area contributed by atoms with Crippen LogP contribution in [0.2, 0.25) is 0 Å². The van der Waals surface area contributed by atoms with Crippen molar-refractivity contribution in [2.75, 3.05) is 27.4 Å². The molecule has 0 atom stereocenters. The van der Waals surface area contributed by atoms with Gasteiger partial charge in [-0.25, -0.2) is 4.79 Å². The molecule has 0 radical (unpaired) electrons. The molecule has 1 aromatic rings. The van der Waals surface area contributed by atoms with Crippen LogP contribution < -0.4 is 4.74 Å². The van der Waals surface area contributed by atoms with Gasteiger partial charge in [-0.3, -0.25) is 0 Å². The van der Waals surface area contributed by atoms with Crippen LogP contribution in [-0.2, 0) is 9.47 Å². The van der Waals surface area contributed by atoms with Crippen LogP contribution in [0.4, 0.5) is 0 Å². The second-order valence-corrected chi connectivity index (χ2v) is 3.25. The van der Waals surface area contributed by atoms with Crippen molar-refractivity contribution in [3.63, 3.8) is 0 Å². The molecule has 4 heteroatoms. The Balaban J connectivity index is 2.43. The Morgan fingerprint density at radius 2 is 1.76 bits per heavy atom. The Morgan fingerprint density at radius 3 is 2.35 bits per heavy atom. The molecule has 92 valence electrons. The van der Waals surface area contributed by atoms with Crippen molar-refractivity contribution in [3.8, 4) is 5.75 Å². The summed E-state index contributed by atoms with van der Waals surface area (Å²) in [4.78, 5) is 11.2. The minimum Gasteiger partial charge on any atom is -0.490 e. The van der Waals surface area contributed by atoms with E-state index in [9.17, 15) is 4.79 Å². The molecule has 1 aromatic carbocycles. The van der Waals surface area contributed by atoms with E-state index in [1.807, 2.05) is 12.2 Å². The molecule has 0 saturated heterocycles. The highest BCUT2D eigenvalue weighted by Crippen LogP contribution is 2.12. The minimum atomic E-state index is -0.350. The lowest BCUT2D eigenvalue weighted by Crippen LogP contribution is -2.01. The maximum atomic E-state index is 11.2. The minimum absolute atomic E-state index is 0.350. The summed E-state index contributed by atoms with van der Waals surface area (Å²) >= 11 is 0. The van der Waals surface area contributed by atoms with Gasteiger partial charge >= 0.3 is 5.97 Å². The Kier molecular flexibility index (Phi) is 5.82. The van der Waals surface area contributed by atoms with Crippen molar-refractivity contribution < 1.29 is 19.0 Å². The number of carbonyl (C=O) groups excluding carboxylic acids is 1. The molecule has 0 amide bonds. The topological polar surface area (TPSA) is 44.8 Å². The molecule has 0 aromatic heterocycles. The van der Waals surface area contributed by atoms with E-state index in [2.05, 4.69) is 4.74 Å². The van der Waals surface area contributed by atoms with Gasteiger partial charge in [0.1, 0.15) is 12.4 Å². The van der Waals surface area contributed by atoms with E-state index >= 15 is 0 Å². The quantitative estimate of drug-likeness (QED) is 0.560. The number of hydrogen-bond acceptors (Lipinski definition) is 4. The van der Waals surface area contributed by atoms with Gasteiger partial charge in [0.05, 0.1) is 19.3 Å². The number of esters is 1. The maximum absolute atomic E-state index is 11.2. The summed E-state index contributed by atoms with van der Waals surface area (Å²) < 4.78 is 14.9. The zero-order valence-electron chi connectivity index (χ0n) is 10.0. The first-order chi connectivity index (χ1) is 8.27. The first kappa shape index (κ1) is 13.3. The molecule has 4 nitrogen and oxygen atoms in total. The summed E-state index contributed by atoms with van der Waals surface area (Å²) in [5, 5.41) is 0. The van der Waals surface area contributed by atoms with Gasteiger partial charge in [-0.15, -0.1) is 0 Å². The van der Waals surface area contributed by atoms with E-state index < -0.39 is 0 Å². The molecule has 17 heavy (non-hydrogen) atoms. The van der Waals surface area contributed by atoms with Crippen molar-refractivity contribution >= 4 is 5.97 Å². The normalized spacial score (nSPS) is 10.5. The van der Waals surface area contributed by atoms with Gasteiger partial charge in [0.15, 0.2) is 0 Å². The van der Waals surface area contributed by atoms with Crippen molar-refractivity contribution in [3.05, 3.63) is 42.0 Å². The number of methoxy groups -OCH3 is 2. The second kappa shape index (κ2) is 7.46. The van der Waals surface area contributed by atoms with E-state index in [4.69, 9.17) is 9.47 Å². The molecule has 0 bridgehead atoms. The van der Waals surface area contributed by atoms with Crippen LogP contribution >= 0.6 is 0 Å². The van der Waals surface area contributed by atoms with E-state index in [0.29, 0.717) is 24.5 Å². The van der Waals surface area contributed by atoms with Gasteiger partial charge in [0.2, 0.25) is 0 Å². The monoisotopic (exact) mass is 236 g/mol. The van der Waals surface area contributed by atoms with Crippen LogP contribution in [0.15, 0.2) is 36.4 Å². The molecule has 0 aliphatic rings. The number of hydrogen-bond donors (Lipinski definition) is 0. The second-order valence-electron chi connectivity index (χ2n) is 3.25. The molecule has 0 heterocycles. The number of rotatable bonds is 6. The standard InChI is InChI=1S/C13H16O4/c1-15-9-3-4-10-17-12-7-5-11(6-8-12)13(14)16-2/h3-8H,9-10H2,1-2H3/b4-3-. The molecular formula is C13H16O4. The van der Waals surface area contributed by atoms with Crippen LogP contribution in [0, 0.1) is 0 Å². The van der Waals surface area contributed by atoms with Crippen molar-refractivity contribution in [2.24, 2.45) is 0 Å². The van der Waals surface area contributed by atoms with E-state index in [1.165, 1.54) is 7.11 Å². The van der Waals surface area contributed by atoms with E-state index in [1.54, 1.807) is 31.4 Å². The predicted molar refractivity (Wildman–Crippen MR) is 64.3 cm³/mol. The molecule has 0 fully saturated rings.